The number of ether oxygens (including phenoxy) is 4. The number of nitrogens with two attached hydrogens (primary N) is 1. The molecule has 5 N–H and O–H groups in total. The van der Waals surface area contributed by atoms with E-state index in [-0.39, 0.29) is 23.5 Å². The third-order valence-electron chi connectivity index (χ3n) is 7.15. The number of carbonyl (C=O) groups is 2. The Labute approximate surface area is 231 Å². The number of phenolic OH excluding ortho intramolecular Hbond substituents is 1. The molecule has 6 atom stereocenters. The van der Waals surface area contributed by atoms with Crippen molar-refractivity contribution in [1.82, 2.24) is 0 Å². The van der Waals surface area contributed by atoms with Crippen molar-refractivity contribution in [2.24, 2.45) is 17.6 Å². The highest BCUT2D eigenvalue weighted by molar-refractivity contribution is 6.03. The van der Waals surface area contributed by atoms with E-state index < -0.39 is 30.5 Å². The largest absolute Gasteiger partial charge is 0.504 e. The zero-order valence-electron chi connectivity index (χ0n) is 24.0. The van der Waals surface area contributed by atoms with E-state index in [0.29, 0.717) is 48.3 Å². The molecular formula is C29H44N2O8. The number of allylic oxidation sites excluding steroid dienone is 1. The Morgan fingerprint density at radius 1 is 1.10 bits per heavy atom. The van der Waals surface area contributed by atoms with Crippen molar-refractivity contribution in [3.05, 3.63) is 41.0 Å². The number of amides is 2. The van der Waals surface area contributed by atoms with E-state index in [4.69, 9.17) is 24.7 Å². The Bertz CT molecular complexity index is 1050. The minimum atomic E-state index is -0.934. The molecule has 1 heterocycles. The highest BCUT2D eigenvalue weighted by atomic mass is 16.6. The second-order valence-electron chi connectivity index (χ2n) is 10.3. The van der Waals surface area contributed by atoms with Gasteiger partial charge in [-0.25, -0.2) is 4.79 Å². The molecule has 0 spiro atoms. The maximum absolute atomic E-state index is 12.9. The smallest absolute Gasteiger partial charge is 0.405 e. The van der Waals surface area contributed by atoms with Gasteiger partial charge in [0.05, 0.1) is 25.4 Å². The van der Waals surface area contributed by atoms with Gasteiger partial charge in [-0.15, -0.1) is 0 Å². The summed E-state index contributed by atoms with van der Waals surface area (Å²) < 4.78 is 22.2. The Hall–Kier alpha value is -3.08. The van der Waals surface area contributed by atoms with E-state index >= 15 is 0 Å². The van der Waals surface area contributed by atoms with Crippen LogP contribution in [0.25, 0.3) is 0 Å². The Morgan fingerprint density at radius 3 is 2.36 bits per heavy atom. The summed E-state index contributed by atoms with van der Waals surface area (Å²) in [6.07, 6.45) is 1.95. The van der Waals surface area contributed by atoms with Crippen LogP contribution in [-0.2, 0) is 25.4 Å². The number of fused-ring (bicyclic) bond motifs is 2. The highest BCUT2D eigenvalue weighted by Gasteiger charge is 2.30. The summed E-state index contributed by atoms with van der Waals surface area (Å²) in [7, 11) is 4.55. The van der Waals surface area contributed by atoms with E-state index in [0.717, 1.165) is 5.56 Å². The first-order valence-electron chi connectivity index (χ1n) is 13.2. The monoisotopic (exact) mass is 548 g/mol. The SMILES string of the molecule is COc1c(O)cc2cc1C[C@H](C)C[C@H](OC)[C@H](O)[C@H](C)/C=C(/C)[C@@H](OC(N)=O)[C@@H](OC)CC/C=C(\C)C(=O)N2. The number of primary amides is 1. The summed E-state index contributed by atoms with van der Waals surface area (Å²) in [5, 5.41) is 24.6. The zero-order valence-corrected chi connectivity index (χ0v) is 24.0. The van der Waals surface area contributed by atoms with Gasteiger partial charge in [0, 0.05) is 43.0 Å². The van der Waals surface area contributed by atoms with Gasteiger partial charge in [-0.2, -0.15) is 0 Å². The summed E-state index contributed by atoms with van der Waals surface area (Å²) in [6.45, 7) is 7.38. The fourth-order valence-electron chi connectivity index (χ4n) is 5.08. The first kappa shape index (κ1) is 32.1. The summed E-state index contributed by atoms with van der Waals surface area (Å²) in [6, 6.07) is 3.24. The lowest BCUT2D eigenvalue weighted by Crippen LogP contribution is -2.37. The number of nitrogens with one attached hydrogen (secondary N) is 1. The molecule has 1 aromatic carbocycles. The van der Waals surface area contributed by atoms with E-state index in [2.05, 4.69) is 5.32 Å². The molecule has 2 bridgehead atoms. The molecular weight excluding hydrogens is 504 g/mol. The topological polar surface area (TPSA) is 150 Å². The molecule has 1 aliphatic heterocycles. The minimum Gasteiger partial charge on any atom is -0.504 e. The Morgan fingerprint density at radius 2 is 1.77 bits per heavy atom. The van der Waals surface area contributed by atoms with Crippen LogP contribution < -0.4 is 15.8 Å². The lowest BCUT2D eigenvalue weighted by molar-refractivity contribution is -0.112. The van der Waals surface area contributed by atoms with Gasteiger partial charge >= 0.3 is 6.09 Å². The summed E-state index contributed by atoms with van der Waals surface area (Å²) in [5.74, 6) is -0.375. The molecule has 0 aliphatic carbocycles. The predicted octanol–water partition coefficient (Wildman–Crippen LogP) is 4.09. The van der Waals surface area contributed by atoms with Gasteiger partial charge in [-0.05, 0) is 57.1 Å². The van der Waals surface area contributed by atoms with Gasteiger partial charge in [0.15, 0.2) is 17.6 Å². The Balaban J connectivity index is 2.53. The van der Waals surface area contributed by atoms with Crippen LogP contribution in [0.15, 0.2) is 35.4 Å². The summed E-state index contributed by atoms with van der Waals surface area (Å²) >= 11 is 0. The third-order valence-corrected chi connectivity index (χ3v) is 7.15. The molecule has 39 heavy (non-hydrogen) atoms. The molecule has 218 valence electrons. The van der Waals surface area contributed by atoms with Gasteiger partial charge in [0.1, 0.15) is 0 Å². The predicted molar refractivity (Wildman–Crippen MR) is 149 cm³/mol. The van der Waals surface area contributed by atoms with E-state index in [1.807, 2.05) is 19.9 Å². The Kier molecular flexibility index (Phi) is 12.3. The molecule has 0 unspecified atom stereocenters. The van der Waals surface area contributed by atoms with Crippen molar-refractivity contribution in [1.29, 1.82) is 0 Å². The van der Waals surface area contributed by atoms with Gasteiger partial charge in [-0.3, -0.25) is 4.79 Å². The van der Waals surface area contributed by atoms with Crippen molar-refractivity contribution in [2.75, 3.05) is 26.6 Å². The molecule has 10 heteroatoms. The molecule has 0 aromatic heterocycles. The normalized spacial score (nSPS) is 30.3. The molecule has 2 rings (SSSR count). The molecule has 0 saturated heterocycles. The van der Waals surface area contributed by atoms with Crippen molar-refractivity contribution < 1.29 is 38.7 Å². The van der Waals surface area contributed by atoms with Crippen molar-refractivity contribution in [3.8, 4) is 11.5 Å². The first-order chi connectivity index (χ1) is 18.4. The second kappa shape index (κ2) is 14.9. The molecule has 0 fully saturated rings. The van der Waals surface area contributed by atoms with Gasteiger partial charge in [0.25, 0.3) is 5.91 Å². The lowest BCUT2D eigenvalue weighted by atomic mass is 9.88. The number of hydrogen-bond donors (Lipinski definition) is 4. The molecule has 10 nitrogen and oxygen atoms in total. The van der Waals surface area contributed by atoms with Crippen LogP contribution in [0.5, 0.6) is 11.5 Å². The van der Waals surface area contributed by atoms with Crippen LogP contribution in [0.3, 0.4) is 0 Å². The molecule has 2 amide bonds. The van der Waals surface area contributed by atoms with Crippen molar-refractivity contribution in [2.45, 2.75) is 77.8 Å². The number of aliphatic hydroxyl groups excluding tert-OH is 1. The fraction of sp³-hybridized carbons (Fsp3) is 0.586. The standard InChI is InChI=1S/C29H44N2O8/c1-16-11-20-14-21(15-22(32)27(20)38-7)31-28(34)17(2)9-8-10-23(36-5)26(39-29(30)35)19(4)13-18(3)25(33)24(12-16)37-6/h9,13-16,18,23-26,32-33H,8,10-12H2,1-7H3,(H2,30,35)(H,31,34)/b17-9+,19-13-/t16-,18+,23-,24-,25+,26+/m0/s1. The van der Waals surface area contributed by atoms with Crippen molar-refractivity contribution in [3.63, 3.8) is 0 Å². The van der Waals surface area contributed by atoms with Crippen LogP contribution in [0.4, 0.5) is 10.5 Å². The van der Waals surface area contributed by atoms with E-state index in [1.54, 1.807) is 33.1 Å². The number of carbonyl (C=O) groups excluding carboxylic acids is 2. The summed E-state index contributed by atoms with van der Waals surface area (Å²) in [4.78, 5) is 24.6. The second-order valence-corrected chi connectivity index (χ2v) is 10.3. The van der Waals surface area contributed by atoms with Gasteiger partial charge < -0.3 is 40.2 Å². The molecule has 1 aromatic rings. The van der Waals surface area contributed by atoms with Gasteiger partial charge in [0.2, 0.25) is 0 Å². The number of rotatable bonds is 4. The van der Waals surface area contributed by atoms with Crippen LogP contribution >= 0.6 is 0 Å². The van der Waals surface area contributed by atoms with Crippen LogP contribution in [0, 0.1) is 11.8 Å². The zero-order chi connectivity index (χ0) is 29.3. The average Bonchev–Trinajstić information content (AvgIpc) is 2.87. The number of hydrogen-bond acceptors (Lipinski definition) is 8. The van der Waals surface area contributed by atoms with Crippen molar-refractivity contribution >= 4 is 17.7 Å². The number of anilines is 1. The van der Waals surface area contributed by atoms with E-state index in [9.17, 15) is 19.8 Å². The maximum atomic E-state index is 12.9. The number of phenols is 1. The highest BCUT2D eigenvalue weighted by Crippen LogP contribution is 2.36. The first-order valence-corrected chi connectivity index (χ1v) is 13.2. The fourth-order valence-corrected chi connectivity index (χ4v) is 5.08. The number of aromatic hydroxyl groups is 1. The minimum absolute atomic E-state index is 0.0219. The number of methoxy groups -OCH3 is 3. The van der Waals surface area contributed by atoms with Crippen LogP contribution in [0.2, 0.25) is 0 Å². The van der Waals surface area contributed by atoms with Crippen LogP contribution in [-0.4, -0.2) is 68.0 Å². The molecule has 0 radical (unpaired) electrons. The average molecular weight is 549 g/mol. The third kappa shape index (κ3) is 8.98. The maximum Gasteiger partial charge on any atom is 0.405 e. The summed E-state index contributed by atoms with van der Waals surface area (Å²) in [5.41, 5.74) is 7.69. The van der Waals surface area contributed by atoms with Gasteiger partial charge in [-0.1, -0.05) is 26.0 Å². The van der Waals surface area contributed by atoms with Crippen LogP contribution in [0.1, 0.15) is 52.5 Å². The quantitative estimate of drug-likeness (QED) is 0.411. The molecule has 0 saturated carbocycles. The number of benzene rings is 1. The van der Waals surface area contributed by atoms with E-state index in [1.165, 1.54) is 20.3 Å². The number of aliphatic hydroxyl groups is 1. The molecule has 1 aliphatic rings. The lowest BCUT2D eigenvalue weighted by Gasteiger charge is -2.30.